The molecule has 1 amide bonds. The summed E-state index contributed by atoms with van der Waals surface area (Å²) < 4.78 is 5.68. The van der Waals surface area contributed by atoms with E-state index in [1.807, 2.05) is 48.5 Å². The van der Waals surface area contributed by atoms with Crippen LogP contribution in [-0.2, 0) is 6.42 Å². The van der Waals surface area contributed by atoms with Crippen LogP contribution in [0.2, 0.25) is 0 Å². The summed E-state index contributed by atoms with van der Waals surface area (Å²) in [6, 6.07) is 18.7. The highest BCUT2D eigenvalue weighted by Gasteiger charge is 2.08. The van der Waals surface area contributed by atoms with E-state index in [0.717, 1.165) is 24.3 Å². The van der Waals surface area contributed by atoms with Gasteiger partial charge in [0.25, 0.3) is 5.91 Å². The standard InChI is InChI=1S/C22H25N5O2/c28-21(18-8-3-1-4-9-18)27-22(24-13-7-10-19-16-23-17-26-19)25-14-15-29-20-11-5-2-6-12-20/h1-6,8-9,11-12,16-17H,7,10,13-15H2,(H,23,26)(H2,24,25,27,28). The van der Waals surface area contributed by atoms with Crippen LogP contribution in [0.4, 0.5) is 0 Å². The first-order valence-corrected chi connectivity index (χ1v) is 9.61. The van der Waals surface area contributed by atoms with Gasteiger partial charge in [-0.05, 0) is 37.1 Å². The Morgan fingerprint density at radius 3 is 2.55 bits per heavy atom. The molecule has 7 heteroatoms. The third-order valence-corrected chi connectivity index (χ3v) is 4.10. The van der Waals surface area contributed by atoms with E-state index in [2.05, 4.69) is 25.6 Å². The van der Waals surface area contributed by atoms with Gasteiger partial charge in [-0.25, -0.2) is 4.98 Å². The first-order chi connectivity index (χ1) is 14.3. The van der Waals surface area contributed by atoms with Crippen molar-refractivity contribution in [3.05, 3.63) is 84.4 Å². The summed E-state index contributed by atoms with van der Waals surface area (Å²) in [4.78, 5) is 24.1. The summed E-state index contributed by atoms with van der Waals surface area (Å²) >= 11 is 0. The van der Waals surface area contributed by atoms with E-state index in [1.54, 1.807) is 24.7 Å². The van der Waals surface area contributed by atoms with Crippen molar-refractivity contribution in [2.45, 2.75) is 12.8 Å². The third kappa shape index (κ3) is 7.14. The average Bonchev–Trinajstić information content (AvgIpc) is 3.29. The summed E-state index contributed by atoms with van der Waals surface area (Å²) in [5.41, 5.74) is 1.65. The SMILES string of the molecule is O=C(NC(=NCCCc1cnc[nH]1)NCCOc1ccccc1)c1ccccc1. The van der Waals surface area contributed by atoms with Crippen molar-refractivity contribution in [2.24, 2.45) is 4.99 Å². The molecule has 3 aromatic rings. The fraction of sp³-hybridized carbons (Fsp3) is 0.227. The number of guanidine groups is 1. The number of para-hydroxylation sites is 1. The van der Waals surface area contributed by atoms with Gasteiger partial charge in [0.15, 0.2) is 5.96 Å². The maximum absolute atomic E-state index is 12.5. The van der Waals surface area contributed by atoms with E-state index in [4.69, 9.17) is 4.74 Å². The molecule has 1 heterocycles. The minimum Gasteiger partial charge on any atom is -0.492 e. The second-order valence-electron chi connectivity index (χ2n) is 6.32. The first-order valence-electron chi connectivity index (χ1n) is 9.61. The predicted octanol–water partition coefficient (Wildman–Crippen LogP) is 2.80. The number of nitrogens with one attached hydrogen (secondary N) is 3. The van der Waals surface area contributed by atoms with Crippen LogP contribution in [0.5, 0.6) is 5.75 Å². The van der Waals surface area contributed by atoms with E-state index in [1.165, 1.54) is 0 Å². The van der Waals surface area contributed by atoms with Crippen molar-refractivity contribution in [2.75, 3.05) is 19.7 Å². The Morgan fingerprint density at radius 1 is 1.07 bits per heavy atom. The van der Waals surface area contributed by atoms with Crippen LogP contribution < -0.4 is 15.4 Å². The van der Waals surface area contributed by atoms with Gasteiger partial charge in [0, 0.05) is 24.0 Å². The number of hydrogen-bond acceptors (Lipinski definition) is 4. The number of carbonyl (C=O) groups excluding carboxylic acids is 1. The zero-order valence-corrected chi connectivity index (χ0v) is 16.2. The Hall–Kier alpha value is -3.61. The molecule has 2 aromatic carbocycles. The highest BCUT2D eigenvalue weighted by Crippen LogP contribution is 2.07. The van der Waals surface area contributed by atoms with Crippen molar-refractivity contribution >= 4 is 11.9 Å². The maximum Gasteiger partial charge on any atom is 0.257 e. The molecule has 0 aliphatic rings. The molecule has 0 saturated heterocycles. The Morgan fingerprint density at radius 2 is 1.83 bits per heavy atom. The van der Waals surface area contributed by atoms with Gasteiger partial charge in [0.05, 0.1) is 12.9 Å². The molecule has 0 aliphatic heterocycles. The van der Waals surface area contributed by atoms with E-state index >= 15 is 0 Å². The number of aliphatic imine (C=N–C) groups is 1. The first kappa shape index (κ1) is 20.1. The molecule has 0 spiro atoms. The van der Waals surface area contributed by atoms with Gasteiger partial charge in [-0.3, -0.25) is 15.1 Å². The highest BCUT2D eigenvalue weighted by molar-refractivity contribution is 6.05. The minimum atomic E-state index is -0.200. The number of rotatable bonds is 9. The van der Waals surface area contributed by atoms with Crippen LogP contribution in [0, 0.1) is 0 Å². The van der Waals surface area contributed by atoms with E-state index in [-0.39, 0.29) is 5.91 Å². The normalized spacial score (nSPS) is 11.1. The average molecular weight is 391 g/mol. The number of benzene rings is 2. The summed E-state index contributed by atoms with van der Waals surface area (Å²) in [7, 11) is 0. The van der Waals surface area contributed by atoms with Gasteiger partial charge in [0.1, 0.15) is 12.4 Å². The molecule has 0 atom stereocenters. The number of hydrogen-bond donors (Lipinski definition) is 3. The summed E-state index contributed by atoms with van der Waals surface area (Å²) in [5.74, 6) is 1.05. The van der Waals surface area contributed by atoms with Crippen LogP contribution in [0.15, 0.2) is 78.2 Å². The Kier molecular flexibility index (Phi) is 7.83. The lowest BCUT2D eigenvalue weighted by Crippen LogP contribution is -2.42. The molecule has 150 valence electrons. The largest absolute Gasteiger partial charge is 0.492 e. The number of amides is 1. The van der Waals surface area contributed by atoms with Crippen LogP contribution in [0.1, 0.15) is 22.5 Å². The van der Waals surface area contributed by atoms with Crippen LogP contribution in [0.3, 0.4) is 0 Å². The molecule has 29 heavy (non-hydrogen) atoms. The quantitative estimate of drug-likeness (QED) is 0.297. The van der Waals surface area contributed by atoms with Crippen molar-refractivity contribution in [3.8, 4) is 5.75 Å². The fourth-order valence-electron chi connectivity index (χ4n) is 2.65. The number of aromatic nitrogens is 2. The molecule has 0 radical (unpaired) electrons. The zero-order valence-electron chi connectivity index (χ0n) is 16.2. The molecule has 1 aromatic heterocycles. The molecule has 0 unspecified atom stereocenters. The summed E-state index contributed by atoms with van der Waals surface area (Å²) in [6.45, 7) is 1.55. The molecule has 3 rings (SSSR count). The number of aromatic amines is 1. The number of carbonyl (C=O) groups is 1. The summed E-state index contributed by atoms with van der Waals surface area (Å²) in [6.07, 6.45) is 5.16. The lowest BCUT2D eigenvalue weighted by molar-refractivity contribution is 0.0975. The van der Waals surface area contributed by atoms with Crippen LogP contribution >= 0.6 is 0 Å². The van der Waals surface area contributed by atoms with E-state index < -0.39 is 0 Å². The minimum absolute atomic E-state index is 0.200. The second kappa shape index (κ2) is 11.3. The molecule has 0 aliphatic carbocycles. The third-order valence-electron chi connectivity index (χ3n) is 4.10. The van der Waals surface area contributed by atoms with Gasteiger partial charge in [-0.2, -0.15) is 0 Å². The van der Waals surface area contributed by atoms with Gasteiger partial charge in [0.2, 0.25) is 0 Å². The predicted molar refractivity (Wildman–Crippen MR) is 113 cm³/mol. The highest BCUT2D eigenvalue weighted by atomic mass is 16.5. The maximum atomic E-state index is 12.5. The molecule has 0 saturated carbocycles. The van der Waals surface area contributed by atoms with Crippen molar-refractivity contribution < 1.29 is 9.53 Å². The Balaban J connectivity index is 1.51. The fourth-order valence-corrected chi connectivity index (χ4v) is 2.65. The van der Waals surface area contributed by atoms with Crippen molar-refractivity contribution in [1.82, 2.24) is 20.6 Å². The molecule has 7 nitrogen and oxygen atoms in total. The number of nitrogens with zero attached hydrogens (tertiary/aromatic N) is 2. The molecular weight excluding hydrogens is 366 g/mol. The Bertz CT molecular complexity index is 880. The Labute approximate surface area is 170 Å². The van der Waals surface area contributed by atoms with Gasteiger partial charge in [-0.15, -0.1) is 0 Å². The number of H-pyrrole nitrogens is 1. The van der Waals surface area contributed by atoms with Crippen LogP contribution in [-0.4, -0.2) is 41.5 Å². The zero-order chi connectivity index (χ0) is 20.2. The summed E-state index contributed by atoms with van der Waals surface area (Å²) in [5, 5.41) is 6.01. The van der Waals surface area contributed by atoms with Gasteiger partial charge >= 0.3 is 0 Å². The van der Waals surface area contributed by atoms with Gasteiger partial charge < -0.3 is 15.0 Å². The topological polar surface area (TPSA) is 91.4 Å². The number of imidazole rings is 1. The van der Waals surface area contributed by atoms with Crippen molar-refractivity contribution in [1.29, 1.82) is 0 Å². The lowest BCUT2D eigenvalue weighted by atomic mass is 10.2. The number of aryl methyl sites for hydroxylation is 1. The monoisotopic (exact) mass is 391 g/mol. The number of ether oxygens (including phenoxy) is 1. The molecule has 0 fully saturated rings. The van der Waals surface area contributed by atoms with E-state index in [9.17, 15) is 4.79 Å². The molecular formula is C22H25N5O2. The van der Waals surface area contributed by atoms with Crippen LogP contribution in [0.25, 0.3) is 0 Å². The van der Waals surface area contributed by atoms with Crippen molar-refractivity contribution in [3.63, 3.8) is 0 Å². The van der Waals surface area contributed by atoms with Gasteiger partial charge in [-0.1, -0.05) is 36.4 Å². The van der Waals surface area contributed by atoms with E-state index in [0.29, 0.717) is 31.2 Å². The molecule has 0 bridgehead atoms. The molecule has 3 N–H and O–H groups in total. The second-order valence-corrected chi connectivity index (χ2v) is 6.32. The lowest BCUT2D eigenvalue weighted by Gasteiger charge is -2.12. The smallest absolute Gasteiger partial charge is 0.257 e.